The zero-order valence-electron chi connectivity index (χ0n) is 6.56. The molecule has 2 fully saturated rings. The highest BCUT2D eigenvalue weighted by molar-refractivity contribution is 4.88. The van der Waals surface area contributed by atoms with Crippen molar-refractivity contribution in [1.29, 1.82) is 0 Å². The van der Waals surface area contributed by atoms with Gasteiger partial charge in [-0.25, -0.2) is 0 Å². The first-order chi connectivity index (χ1) is 4.86. The summed E-state index contributed by atoms with van der Waals surface area (Å²) in [7, 11) is 0. The van der Waals surface area contributed by atoms with E-state index in [1.807, 2.05) is 0 Å². The van der Waals surface area contributed by atoms with Crippen molar-refractivity contribution in [1.82, 2.24) is 10.6 Å². The molecule has 0 spiro atoms. The summed E-state index contributed by atoms with van der Waals surface area (Å²) in [6, 6.07) is 0.785. The first-order valence-corrected chi connectivity index (χ1v) is 4.30. The molecule has 0 amide bonds. The van der Waals surface area contributed by atoms with Gasteiger partial charge in [0.25, 0.3) is 0 Å². The summed E-state index contributed by atoms with van der Waals surface area (Å²) in [6.07, 6.45) is 1.45. The fourth-order valence-corrected chi connectivity index (χ4v) is 1.43. The second kappa shape index (κ2) is 2.51. The van der Waals surface area contributed by atoms with Crippen molar-refractivity contribution in [2.24, 2.45) is 11.8 Å². The second-order valence-electron chi connectivity index (χ2n) is 3.74. The fourth-order valence-electron chi connectivity index (χ4n) is 1.43. The van der Waals surface area contributed by atoms with Crippen LogP contribution in [-0.4, -0.2) is 25.7 Å². The van der Waals surface area contributed by atoms with Crippen LogP contribution < -0.4 is 10.6 Å². The molecule has 0 bridgehead atoms. The van der Waals surface area contributed by atoms with Gasteiger partial charge in [-0.05, 0) is 24.8 Å². The van der Waals surface area contributed by atoms with E-state index in [-0.39, 0.29) is 0 Å². The molecule has 2 heteroatoms. The summed E-state index contributed by atoms with van der Waals surface area (Å²) >= 11 is 0. The third kappa shape index (κ3) is 1.32. The van der Waals surface area contributed by atoms with Gasteiger partial charge in [-0.15, -0.1) is 0 Å². The van der Waals surface area contributed by atoms with Gasteiger partial charge in [0.2, 0.25) is 0 Å². The summed E-state index contributed by atoms with van der Waals surface area (Å²) in [5.74, 6) is 2.00. The molecule has 0 aromatic carbocycles. The molecule has 58 valence electrons. The topological polar surface area (TPSA) is 24.1 Å². The smallest absolute Gasteiger partial charge is 0.0317 e. The van der Waals surface area contributed by atoms with Crippen molar-refractivity contribution in [3.8, 4) is 0 Å². The molecule has 1 aliphatic carbocycles. The van der Waals surface area contributed by atoms with Crippen molar-refractivity contribution in [2.75, 3.05) is 19.6 Å². The Balaban J connectivity index is 1.55. The van der Waals surface area contributed by atoms with Crippen LogP contribution in [0.2, 0.25) is 0 Å². The van der Waals surface area contributed by atoms with Crippen LogP contribution in [0.25, 0.3) is 0 Å². The molecule has 0 radical (unpaired) electrons. The molecule has 2 unspecified atom stereocenters. The Morgan fingerprint density at radius 1 is 1.50 bits per heavy atom. The first kappa shape index (κ1) is 6.62. The molecule has 1 heterocycles. The van der Waals surface area contributed by atoms with Crippen molar-refractivity contribution >= 4 is 0 Å². The molecule has 0 aromatic heterocycles. The third-order valence-corrected chi connectivity index (χ3v) is 2.73. The Labute approximate surface area is 62.4 Å². The molecule has 10 heavy (non-hydrogen) atoms. The lowest BCUT2D eigenvalue weighted by atomic mass is 10.2. The minimum absolute atomic E-state index is 0.785. The zero-order valence-corrected chi connectivity index (χ0v) is 6.56. The van der Waals surface area contributed by atoms with E-state index >= 15 is 0 Å². The van der Waals surface area contributed by atoms with E-state index < -0.39 is 0 Å². The predicted octanol–water partition coefficient (Wildman–Crippen LogP) is 0.204. The SMILES string of the molecule is CC1CC1CNC1CNC1. The van der Waals surface area contributed by atoms with E-state index in [1.54, 1.807) is 0 Å². The molecule has 1 aliphatic heterocycles. The lowest BCUT2D eigenvalue weighted by molar-refractivity contribution is 0.360. The van der Waals surface area contributed by atoms with Crippen LogP contribution in [-0.2, 0) is 0 Å². The number of hydrogen-bond acceptors (Lipinski definition) is 2. The molecular weight excluding hydrogens is 124 g/mol. The van der Waals surface area contributed by atoms with Crippen molar-refractivity contribution < 1.29 is 0 Å². The van der Waals surface area contributed by atoms with E-state index in [0.29, 0.717) is 0 Å². The molecule has 2 N–H and O–H groups in total. The van der Waals surface area contributed by atoms with Crippen LogP contribution in [0.1, 0.15) is 13.3 Å². The number of nitrogens with one attached hydrogen (secondary N) is 2. The molecule has 2 nitrogen and oxygen atoms in total. The van der Waals surface area contributed by atoms with Gasteiger partial charge >= 0.3 is 0 Å². The van der Waals surface area contributed by atoms with Gasteiger partial charge in [0.15, 0.2) is 0 Å². The van der Waals surface area contributed by atoms with E-state index in [0.717, 1.165) is 17.9 Å². The third-order valence-electron chi connectivity index (χ3n) is 2.73. The number of rotatable bonds is 3. The van der Waals surface area contributed by atoms with Crippen molar-refractivity contribution in [3.63, 3.8) is 0 Å². The van der Waals surface area contributed by atoms with Crippen LogP contribution in [0.4, 0.5) is 0 Å². The minimum Gasteiger partial charge on any atom is -0.314 e. The Bertz CT molecular complexity index is 116. The number of hydrogen-bond donors (Lipinski definition) is 2. The normalized spacial score (nSPS) is 39.3. The Kier molecular flexibility index (Phi) is 1.66. The van der Waals surface area contributed by atoms with E-state index in [4.69, 9.17) is 0 Å². The summed E-state index contributed by atoms with van der Waals surface area (Å²) < 4.78 is 0. The van der Waals surface area contributed by atoms with Crippen molar-refractivity contribution in [3.05, 3.63) is 0 Å². The lowest BCUT2D eigenvalue weighted by Gasteiger charge is -2.28. The zero-order chi connectivity index (χ0) is 6.97. The second-order valence-corrected chi connectivity index (χ2v) is 3.74. The van der Waals surface area contributed by atoms with Gasteiger partial charge in [-0.3, -0.25) is 0 Å². The van der Waals surface area contributed by atoms with Crippen LogP contribution in [0, 0.1) is 11.8 Å². The monoisotopic (exact) mass is 140 g/mol. The Hall–Kier alpha value is -0.0800. The Morgan fingerprint density at radius 3 is 2.60 bits per heavy atom. The molecule has 2 atom stereocenters. The van der Waals surface area contributed by atoms with E-state index in [2.05, 4.69) is 17.6 Å². The molecule has 2 aliphatic rings. The summed E-state index contributed by atoms with van der Waals surface area (Å²) in [4.78, 5) is 0. The average Bonchev–Trinajstić information content (AvgIpc) is 2.43. The lowest BCUT2D eigenvalue weighted by Crippen LogP contribution is -2.55. The largest absolute Gasteiger partial charge is 0.314 e. The van der Waals surface area contributed by atoms with Gasteiger partial charge in [-0.2, -0.15) is 0 Å². The highest BCUT2D eigenvalue weighted by atomic mass is 15.1. The maximum Gasteiger partial charge on any atom is 0.0317 e. The summed E-state index contributed by atoms with van der Waals surface area (Å²) in [6.45, 7) is 5.96. The van der Waals surface area contributed by atoms with Crippen LogP contribution in [0.5, 0.6) is 0 Å². The van der Waals surface area contributed by atoms with Gasteiger partial charge < -0.3 is 10.6 Å². The molecule has 1 saturated heterocycles. The maximum atomic E-state index is 3.55. The predicted molar refractivity (Wildman–Crippen MR) is 41.9 cm³/mol. The van der Waals surface area contributed by atoms with Gasteiger partial charge in [0, 0.05) is 19.1 Å². The fraction of sp³-hybridized carbons (Fsp3) is 1.00. The molecule has 1 saturated carbocycles. The first-order valence-electron chi connectivity index (χ1n) is 4.30. The minimum atomic E-state index is 0.785. The van der Waals surface area contributed by atoms with Crippen molar-refractivity contribution in [2.45, 2.75) is 19.4 Å². The van der Waals surface area contributed by atoms with Gasteiger partial charge in [-0.1, -0.05) is 6.92 Å². The molecular formula is C8H16N2. The van der Waals surface area contributed by atoms with Gasteiger partial charge in [0.05, 0.1) is 0 Å². The van der Waals surface area contributed by atoms with Crippen LogP contribution in [0.3, 0.4) is 0 Å². The summed E-state index contributed by atoms with van der Waals surface area (Å²) in [5, 5.41) is 6.80. The maximum absolute atomic E-state index is 3.55. The highest BCUT2D eigenvalue weighted by Crippen LogP contribution is 2.36. The van der Waals surface area contributed by atoms with Gasteiger partial charge in [0.1, 0.15) is 0 Å². The molecule has 2 rings (SSSR count). The summed E-state index contributed by atoms with van der Waals surface area (Å²) in [5.41, 5.74) is 0. The van der Waals surface area contributed by atoms with E-state index in [9.17, 15) is 0 Å². The standard InChI is InChI=1S/C8H16N2/c1-6-2-7(6)3-10-8-4-9-5-8/h6-10H,2-5H2,1H3. The highest BCUT2D eigenvalue weighted by Gasteiger charge is 2.32. The quantitative estimate of drug-likeness (QED) is 0.585. The average molecular weight is 140 g/mol. The van der Waals surface area contributed by atoms with Crippen LogP contribution in [0.15, 0.2) is 0 Å². The van der Waals surface area contributed by atoms with Crippen LogP contribution >= 0.6 is 0 Å². The van der Waals surface area contributed by atoms with E-state index in [1.165, 1.54) is 26.1 Å². The molecule has 0 aromatic rings. The Morgan fingerprint density at radius 2 is 2.20 bits per heavy atom.